The van der Waals surface area contributed by atoms with Crippen molar-refractivity contribution in [2.24, 2.45) is 17.6 Å². The lowest BCUT2D eigenvalue weighted by atomic mass is 10.0. The number of carbonyl (C=O) groups excluding carboxylic acids is 1. The lowest BCUT2D eigenvalue weighted by molar-refractivity contribution is -0.136. The van der Waals surface area contributed by atoms with Gasteiger partial charge in [0.05, 0.1) is 0 Å². The van der Waals surface area contributed by atoms with Crippen LogP contribution >= 0.6 is 0 Å². The van der Waals surface area contributed by atoms with Gasteiger partial charge in [-0.2, -0.15) is 0 Å². The van der Waals surface area contributed by atoms with E-state index in [2.05, 4.69) is 11.8 Å². The number of hydrogen-bond acceptors (Lipinski definition) is 2. The SMILES string of the molecule is CC(CCCN)C(=O)N(CC1CC1)C1CC1. The van der Waals surface area contributed by atoms with E-state index >= 15 is 0 Å². The molecular formula is C13H24N2O. The van der Waals surface area contributed by atoms with Crippen LogP contribution in [0.1, 0.15) is 45.4 Å². The molecule has 0 aliphatic heterocycles. The summed E-state index contributed by atoms with van der Waals surface area (Å²) in [6.45, 7) is 3.78. The van der Waals surface area contributed by atoms with Gasteiger partial charge in [0.2, 0.25) is 5.91 Å². The Morgan fingerprint density at radius 3 is 2.56 bits per heavy atom. The van der Waals surface area contributed by atoms with Gasteiger partial charge in [-0.15, -0.1) is 0 Å². The highest BCUT2D eigenvalue weighted by Gasteiger charge is 2.37. The molecule has 2 aliphatic carbocycles. The predicted octanol–water partition coefficient (Wildman–Crippen LogP) is 1.76. The van der Waals surface area contributed by atoms with E-state index < -0.39 is 0 Å². The average molecular weight is 224 g/mol. The summed E-state index contributed by atoms with van der Waals surface area (Å²) in [6.07, 6.45) is 7.02. The monoisotopic (exact) mass is 224 g/mol. The normalized spacial score (nSPS) is 21.9. The summed E-state index contributed by atoms with van der Waals surface area (Å²) in [5.74, 6) is 1.36. The minimum absolute atomic E-state index is 0.169. The van der Waals surface area contributed by atoms with Crippen LogP contribution in [0.4, 0.5) is 0 Å². The summed E-state index contributed by atoms with van der Waals surface area (Å²) in [5.41, 5.74) is 5.49. The first-order valence-electron chi connectivity index (χ1n) is 6.73. The van der Waals surface area contributed by atoms with Crippen molar-refractivity contribution < 1.29 is 4.79 Å². The molecule has 16 heavy (non-hydrogen) atoms. The van der Waals surface area contributed by atoms with E-state index in [1.54, 1.807) is 0 Å². The first-order valence-corrected chi connectivity index (χ1v) is 6.73. The minimum atomic E-state index is 0.169. The number of carbonyl (C=O) groups is 1. The number of nitrogens with zero attached hydrogens (tertiary/aromatic N) is 1. The zero-order valence-corrected chi connectivity index (χ0v) is 10.3. The molecule has 2 fully saturated rings. The number of nitrogens with two attached hydrogens (primary N) is 1. The van der Waals surface area contributed by atoms with Crippen LogP contribution in [0.15, 0.2) is 0 Å². The standard InChI is InChI=1S/C13H24N2O/c1-10(3-2-8-14)13(16)15(12-6-7-12)9-11-4-5-11/h10-12H,2-9,14H2,1H3. The van der Waals surface area contributed by atoms with Crippen LogP contribution < -0.4 is 5.73 Å². The molecule has 0 heterocycles. The molecule has 2 aliphatic rings. The largest absolute Gasteiger partial charge is 0.339 e. The summed E-state index contributed by atoms with van der Waals surface area (Å²) >= 11 is 0. The van der Waals surface area contributed by atoms with Crippen molar-refractivity contribution in [3.8, 4) is 0 Å². The fourth-order valence-electron chi connectivity index (χ4n) is 2.21. The molecule has 2 N–H and O–H groups in total. The molecule has 0 radical (unpaired) electrons. The second-order valence-electron chi connectivity index (χ2n) is 5.50. The fourth-order valence-corrected chi connectivity index (χ4v) is 2.21. The molecule has 0 saturated heterocycles. The molecule has 3 nitrogen and oxygen atoms in total. The summed E-state index contributed by atoms with van der Waals surface area (Å²) in [6, 6.07) is 0.577. The zero-order valence-electron chi connectivity index (χ0n) is 10.3. The van der Waals surface area contributed by atoms with Gasteiger partial charge < -0.3 is 10.6 Å². The number of rotatable bonds is 7. The molecule has 1 amide bonds. The second kappa shape index (κ2) is 5.17. The van der Waals surface area contributed by atoms with Crippen molar-refractivity contribution in [1.29, 1.82) is 0 Å². The topological polar surface area (TPSA) is 46.3 Å². The Bertz CT molecular complexity index is 246. The third-order valence-corrected chi connectivity index (χ3v) is 3.69. The van der Waals surface area contributed by atoms with Crippen molar-refractivity contribution in [2.75, 3.05) is 13.1 Å². The third kappa shape index (κ3) is 3.21. The van der Waals surface area contributed by atoms with Crippen LogP contribution in [-0.2, 0) is 4.79 Å². The van der Waals surface area contributed by atoms with Gasteiger partial charge in [0.1, 0.15) is 0 Å². The Morgan fingerprint density at radius 2 is 2.06 bits per heavy atom. The van der Waals surface area contributed by atoms with Crippen molar-refractivity contribution in [3.05, 3.63) is 0 Å². The van der Waals surface area contributed by atoms with Gasteiger partial charge in [0.25, 0.3) is 0 Å². The minimum Gasteiger partial charge on any atom is -0.339 e. The number of amides is 1. The van der Waals surface area contributed by atoms with Crippen LogP contribution in [0.25, 0.3) is 0 Å². The van der Waals surface area contributed by atoms with Crippen molar-refractivity contribution in [3.63, 3.8) is 0 Å². The maximum absolute atomic E-state index is 12.3. The highest BCUT2D eigenvalue weighted by Crippen LogP contribution is 2.35. The fraction of sp³-hybridized carbons (Fsp3) is 0.923. The number of hydrogen-bond donors (Lipinski definition) is 1. The molecule has 0 aromatic carbocycles. The molecule has 0 aromatic rings. The van der Waals surface area contributed by atoms with Gasteiger partial charge in [0, 0.05) is 18.5 Å². The third-order valence-electron chi connectivity index (χ3n) is 3.69. The first-order chi connectivity index (χ1) is 7.72. The molecule has 2 rings (SSSR count). The molecule has 3 heteroatoms. The van der Waals surface area contributed by atoms with Crippen LogP contribution in [0.3, 0.4) is 0 Å². The van der Waals surface area contributed by atoms with E-state index in [0.717, 1.165) is 25.3 Å². The van der Waals surface area contributed by atoms with E-state index in [9.17, 15) is 4.79 Å². The van der Waals surface area contributed by atoms with Gasteiger partial charge >= 0.3 is 0 Å². The van der Waals surface area contributed by atoms with E-state index in [1.807, 2.05) is 0 Å². The Morgan fingerprint density at radius 1 is 1.38 bits per heavy atom. The van der Waals surface area contributed by atoms with Gasteiger partial charge in [-0.1, -0.05) is 6.92 Å². The van der Waals surface area contributed by atoms with Crippen molar-refractivity contribution in [2.45, 2.75) is 51.5 Å². The van der Waals surface area contributed by atoms with Crippen molar-refractivity contribution >= 4 is 5.91 Å². The maximum Gasteiger partial charge on any atom is 0.225 e. The van der Waals surface area contributed by atoms with Crippen LogP contribution in [0.5, 0.6) is 0 Å². The maximum atomic E-state index is 12.3. The zero-order chi connectivity index (χ0) is 11.5. The molecule has 0 aromatic heterocycles. The van der Waals surface area contributed by atoms with Crippen LogP contribution in [0, 0.1) is 11.8 Å². The van der Waals surface area contributed by atoms with Crippen LogP contribution in [0.2, 0.25) is 0 Å². The van der Waals surface area contributed by atoms with E-state index in [-0.39, 0.29) is 5.92 Å². The van der Waals surface area contributed by atoms with Gasteiger partial charge in [-0.25, -0.2) is 0 Å². The molecule has 92 valence electrons. The highest BCUT2D eigenvalue weighted by molar-refractivity contribution is 5.79. The van der Waals surface area contributed by atoms with Gasteiger partial charge in [-0.3, -0.25) is 4.79 Å². The molecule has 0 bridgehead atoms. The second-order valence-corrected chi connectivity index (χ2v) is 5.50. The average Bonchev–Trinajstić information content (AvgIpc) is 3.14. The lowest BCUT2D eigenvalue weighted by Crippen LogP contribution is -2.38. The van der Waals surface area contributed by atoms with E-state index in [4.69, 9.17) is 5.73 Å². The molecule has 0 spiro atoms. The van der Waals surface area contributed by atoms with Gasteiger partial charge in [0.15, 0.2) is 0 Å². The summed E-state index contributed by atoms with van der Waals surface area (Å²) in [5, 5.41) is 0. The summed E-state index contributed by atoms with van der Waals surface area (Å²) < 4.78 is 0. The summed E-state index contributed by atoms with van der Waals surface area (Å²) in [4.78, 5) is 14.4. The Hall–Kier alpha value is -0.570. The highest BCUT2D eigenvalue weighted by atomic mass is 16.2. The smallest absolute Gasteiger partial charge is 0.225 e. The Balaban J connectivity index is 1.82. The Kier molecular flexibility index (Phi) is 3.85. The van der Waals surface area contributed by atoms with Crippen LogP contribution in [-0.4, -0.2) is 29.9 Å². The Labute approximate surface area is 98.4 Å². The molecular weight excluding hydrogens is 200 g/mol. The first kappa shape index (κ1) is 11.9. The van der Waals surface area contributed by atoms with Crippen molar-refractivity contribution in [1.82, 2.24) is 4.90 Å². The van der Waals surface area contributed by atoms with Gasteiger partial charge in [-0.05, 0) is 51.0 Å². The molecule has 1 atom stereocenters. The van der Waals surface area contributed by atoms with E-state index in [1.165, 1.54) is 25.7 Å². The lowest BCUT2D eigenvalue weighted by Gasteiger charge is -2.25. The summed E-state index contributed by atoms with van der Waals surface area (Å²) in [7, 11) is 0. The predicted molar refractivity (Wildman–Crippen MR) is 64.9 cm³/mol. The molecule has 2 saturated carbocycles. The van der Waals surface area contributed by atoms with E-state index in [0.29, 0.717) is 18.5 Å². The molecule has 1 unspecified atom stereocenters. The quantitative estimate of drug-likeness (QED) is 0.716.